The molecule has 0 fully saturated rings. The normalized spacial score (nSPS) is 12.5. The van der Waals surface area contributed by atoms with Gasteiger partial charge in [0.15, 0.2) is 0 Å². The number of hydrogen-bond acceptors (Lipinski definition) is 3. The lowest BCUT2D eigenvalue weighted by Crippen LogP contribution is -2.32. The van der Waals surface area contributed by atoms with Gasteiger partial charge in [-0.2, -0.15) is 0 Å². The number of rotatable bonds is 4. The maximum atomic E-state index is 5.81. The van der Waals surface area contributed by atoms with Crippen LogP contribution in [0.5, 0.6) is 0 Å². The van der Waals surface area contributed by atoms with Crippen LogP contribution in [0, 0.1) is 6.92 Å². The predicted molar refractivity (Wildman–Crippen MR) is 65.3 cm³/mol. The van der Waals surface area contributed by atoms with Crippen molar-refractivity contribution in [3.8, 4) is 0 Å². The number of methoxy groups -OCH3 is 1. The standard InChI is InChI=1S/C12H20N2O/c1-9-5-11(13)7-12(6-9)14(3)10(2)8-15-4/h5-7,10H,8,13H2,1-4H3. The lowest BCUT2D eigenvalue weighted by molar-refractivity contribution is 0.183. The molecule has 1 atom stereocenters. The van der Waals surface area contributed by atoms with Crippen LogP contribution in [0.1, 0.15) is 12.5 Å². The third kappa shape index (κ3) is 3.13. The van der Waals surface area contributed by atoms with Gasteiger partial charge < -0.3 is 15.4 Å². The summed E-state index contributed by atoms with van der Waals surface area (Å²) in [4.78, 5) is 2.17. The average Bonchev–Trinajstić information content (AvgIpc) is 2.15. The first-order chi connectivity index (χ1) is 7.04. The second-order valence-electron chi connectivity index (χ2n) is 4.02. The lowest BCUT2D eigenvalue weighted by Gasteiger charge is -2.27. The van der Waals surface area contributed by atoms with E-state index in [1.54, 1.807) is 7.11 Å². The van der Waals surface area contributed by atoms with Gasteiger partial charge in [0, 0.05) is 31.6 Å². The highest BCUT2D eigenvalue weighted by atomic mass is 16.5. The van der Waals surface area contributed by atoms with Crippen molar-refractivity contribution in [3.05, 3.63) is 23.8 Å². The number of ether oxygens (including phenoxy) is 1. The molecule has 0 saturated heterocycles. The van der Waals surface area contributed by atoms with Crippen molar-refractivity contribution in [2.45, 2.75) is 19.9 Å². The maximum absolute atomic E-state index is 5.81. The van der Waals surface area contributed by atoms with Crippen LogP contribution in [0.3, 0.4) is 0 Å². The molecule has 1 rings (SSSR count). The molecular formula is C12H20N2O. The van der Waals surface area contributed by atoms with E-state index in [0.29, 0.717) is 12.6 Å². The fourth-order valence-electron chi connectivity index (χ4n) is 1.60. The summed E-state index contributed by atoms with van der Waals surface area (Å²) >= 11 is 0. The van der Waals surface area contributed by atoms with Crippen molar-refractivity contribution in [3.63, 3.8) is 0 Å². The van der Waals surface area contributed by atoms with E-state index < -0.39 is 0 Å². The van der Waals surface area contributed by atoms with E-state index >= 15 is 0 Å². The van der Waals surface area contributed by atoms with Crippen LogP contribution in [0.25, 0.3) is 0 Å². The Morgan fingerprint density at radius 3 is 2.60 bits per heavy atom. The molecule has 0 heterocycles. The van der Waals surface area contributed by atoms with Crippen LogP contribution in [-0.4, -0.2) is 26.8 Å². The number of anilines is 2. The minimum Gasteiger partial charge on any atom is -0.399 e. The highest BCUT2D eigenvalue weighted by molar-refractivity contribution is 5.58. The summed E-state index contributed by atoms with van der Waals surface area (Å²) in [6, 6.07) is 6.43. The van der Waals surface area contributed by atoms with Gasteiger partial charge in [0.1, 0.15) is 0 Å². The van der Waals surface area contributed by atoms with Gasteiger partial charge in [0.05, 0.1) is 6.61 Å². The maximum Gasteiger partial charge on any atom is 0.0663 e. The number of nitrogens with zero attached hydrogens (tertiary/aromatic N) is 1. The number of hydrogen-bond donors (Lipinski definition) is 1. The molecule has 0 saturated carbocycles. The molecule has 3 nitrogen and oxygen atoms in total. The van der Waals surface area contributed by atoms with Crippen LogP contribution < -0.4 is 10.6 Å². The van der Waals surface area contributed by atoms with E-state index in [9.17, 15) is 0 Å². The van der Waals surface area contributed by atoms with E-state index in [2.05, 4.69) is 31.9 Å². The summed E-state index contributed by atoms with van der Waals surface area (Å²) in [7, 11) is 3.77. The van der Waals surface area contributed by atoms with E-state index in [1.807, 2.05) is 12.1 Å². The number of nitrogens with two attached hydrogens (primary N) is 1. The highest BCUT2D eigenvalue weighted by Gasteiger charge is 2.10. The van der Waals surface area contributed by atoms with Crippen molar-refractivity contribution in [1.82, 2.24) is 0 Å². The number of likely N-dealkylation sites (N-methyl/N-ethyl adjacent to an activating group) is 1. The summed E-state index contributed by atoms with van der Waals surface area (Å²) in [6.45, 7) is 4.89. The Morgan fingerprint density at radius 2 is 2.07 bits per heavy atom. The van der Waals surface area contributed by atoms with Crippen LogP contribution in [0.15, 0.2) is 18.2 Å². The second kappa shape index (κ2) is 5.03. The van der Waals surface area contributed by atoms with Gasteiger partial charge in [0.25, 0.3) is 0 Å². The number of nitrogen functional groups attached to an aromatic ring is 1. The molecule has 0 aliphatic rings. The molecule has 84 valence electrons. The van der Waals surface area contributed by atoms with Crippen molar-refractivity contribution in [2.75, 3.05) is 31.4 Å². The summed E-state index contributed by atoms with van der Waals surface area (Å²) in [5.74, 6) is 0. The fraction of sp³-hybridized carbons (Fsp3) is 0.500. The zero-order chi connectivity index (χ0) is 11.4. The Kier molecular flexibility index (Phi) is 3.97. The molecule has 0 aliphatic carbocycles. The molecule has 0 radical (unpaired) electrons. The van der Waals surface area contributed by atoms with Crippen LogP contribution >= 0.6 is 0 Å². The molecular weight excluding hydrogens is 188 g/mol. The van der Waals surface area contributed by atoms with Crippen molar-refractivity contribution in [1.29, 1.82) is 0 Å². The quantitative estimate of drug-likeness (QED) is 0.770. The average molecular weight is 208 g/mol. The minimum atomic E-state index is 0.344. The SMILES string of the molecule is COCC(C)N(C)c1cc(C)cc(N)c1. The van der Waals surface area contributed by atoms with Gasteiger partial charge in [-0.1, -0.05) is 0 Å². The molecule has 0 aromatic heterocycles. The molecule has 0 amide bonds. The first kappa shape index (κ1) is 11.9. The molecule has 0 aliphatic heterocycles. The van der Waals surface area contributed by atoms with Crippen LogP contribution in [0.4, 0.5) is 11.4 Å². The van der Waals surface area contributed by atoms with Crippen molar-refractivity contribution >= 4 is 11.4 Å². The van der Waals surface area contributed by atoms with Gasteiger partial charge in [-0.05, 0) is 37.6 Å². The Morgan fingerprint density at radius 1 is 1.40 bits per heavy atom. The third-order valence-electron chi connectivity index (χ3n) is 2.56. The summed E-state index contributed by atoms with van der Waals surface area (Å²) < 4.78 is 5.13. The first-order valence-corrected chi connectivity index (χ1v) is 5.13. The van der Waals surface area contributed by atoms with E-state index in [0.717, 1.165) is 11.4 Å². The summed E-state index contributed by atoms with van der Waals surface area (Å²) in [5.41, 5.74) is 8.94. The van der Waals surface area contributed by atoms with Gasteiger partial charge in [-0.15, -0.1) is 0 Å². The topological polar surface area (TPSA) is 38.5 Å². The number of benzene rings is 1. The lowest BCUT2D eigenvalue weighted by atomic mass is 10.1. The Bertz CT molecular complexity index is 305. The zero-order valence-corrected chi connectivity index (χ0v) is 9.95. The minimum absolute atomic E-state index is 0.344. The van der Waals surface area contributed by atoms with E-state index in [1.165, 1.54) is 5.56 Å². The Labute approximate surface area is 91.8 Å². The first-order valence-electron chi connectivity index (χ1n) is 5.13. The largest absolute Gasteiger partial charge is 0.399 e. The molecule has 1 aromatic carbocycles. The molecule has 2 N–H and O–H groups in total. The van der Waals surface area contributed by atoms with E-state index in [4.69, 9.17) is 10.5 Å². The fourth-order valence-corrected chi connectivity index (χ4v) is 1.60. The van der Waals surface area contributed by atoms with Gasteiger partial charge in [-0.25, -0.2) is 0 Å². The van der Waals surface area contributed by atoms with Gasteiger partial charge >= 0.3 is 0 Å². The monoisotopic (exact) mass is 208 g/mol. The van der Waals surface area contributed by atoms with Gasteiger partial charge in [-0.3, -0.25) is 0 Å². The second-order valence-corrected chi connectivity index (χ2v) is 4.02. The van der Waals surface area contributed by atoms with Crippen LogP contribution in [0.2, 0.25) is 0 Å². The molecule has 15 heavy (non-hydrogen) atoms. The van der Waals surface area contributed by atoms with Crippen molar-refractivity contribution in [2.24, 2.45) is 0 Å². The highest BCUT2D eigenvalue weighted by Crippen LogP contribution is 2.20. The predicted octanol–water partition coefficient (Wildman–Crippen LogP) is 2.05. The molecule has 0 bridgehead atoms. The smallest absolute Gasteiger partial charge is 0.0663 e. The van der Waals surface area contributed by atoms with Crippen LogP contribution in [-0.2, 0) is 4.74 Å². The summed E-state index contributed by atoms with van der Waals surface area (Å²) in [5, 5.41) is 0. The van der Waals surface area contributed by atoms with Gasteiger partial charge in [0.2, 0.25) is 0 Å². The summed E-state index contributed by atoms with van der Waals surface area (Å²) in [6.07, 6.45) is 0. The molecule has 3 heteroatoms. The van der Waals surface area contributed by atoms with E-state index in [-0.39, 0.29) is 0 Å². The molecule has 1 unspecified atom stereocenters. The van der Waals surface area contributed by atoms with Crippen molar-refractivity contribution < 1.29 is 4.74 Å². The zero-order valence-electron chi connectivity index (χ0n) is 9.95. The number of aryl methyl sites for hydroxylation is 1. The molecule has 0 spiro atoms. The molecule has 1 aromatic rings. The third-order valence-corrected chi connectivity index (χ3v) is 2.56. The Hall–Kier alpha value is -1.22. The Balaban J connectivity index is 2.85.